The fraction of sp³-hybridized carbons (Fsp3) is 0.667. The Morgan fingerprint density at radius 3 is 2.67 bits per heavy atom. The second kappa shape index (κ2) is 7.77. The lowest BCUT2D eigenvalue weighted by Gasteiger charge is -2.13. The second-order valence-corrected chi connectivity index (χ2v) is 7.46. The Hall–Kier alpha value is -1.12. The average Bonchev–Trinajstić information content (AvgIpc) is 2.42. The van der Waals surface area contributed by atoms with Crippen LogP contribution >= 0.6 is 11.6 Å². The van der Waals surface area contributed by atoms with E-state index in [-0.39, 0.29) is 22.9 Å². The van der Waals surface area contributed by atoms with Crippen LogP contribution in [0.25, 0.3) is 0 Å². The third kappa shape index (κ3) is 4.98. The topological polar surface area (TPSA) is 84.3 Å². The van der Waals surface area contributed by atoms with Crippen LogP contribution in [0.5, 0.6) is 0 Å². The third-order valence-electron chi connectivity index (χ3n) is 2.94. The summed E-state index contributed by atoms with van der Waals surface area (Å²) in [5, 5.41) is 6.89. The standard InChI is InChI=1S/C12H21ClN4O3S/c1-4-5-7-17-12(18)11(13)10(9-15-17)14-6-8-21(19,20)16(2)3/h9,14H,4-8H2,1-3H3. The van der Waals surface area contributed by atoms with Crippen molar-refractivity contribution in [2.24, 2.45) is 0 Å². The summed E-state index contributed by atoms with van der Waals surface area (Å²) in [5.74, 6) is -0.0880. The molecule has 0 saturated carbocycles. The van der Waals surface area contributed by atoms with E-state index < -0.39 is 10.0 Å². The summed E-state index contributed by atoms with van der Waals surface area (Å²) < 4.78 is 25.7. The van der Waals surface area contributed by atoms with Gasteiger partial charge in [0.05, 0.1) is 17.6 Å². The number of halogens is 1. The highest BCUT2D eigenvalue weighted by atomic mass is 35.5. The molecule has 0 spiro atoms. The van der Waals surface area contributed by atoms with Gasteiger partial charge in [-0.2, -0.15) is 5.10 Å². The summed E-state index contributed by atoms with van der Waals surface area (Å²) >= 11 is 5.99. The van der Waals surface area contributed by atoms with Crippen molar-refractivity contribution in [3.63, 3.8) is 0 Å². The van der Waals surface area contributed by atoms with E-state index in [0.29, 0.717) is 12.2 Å². The van der Waals surface area contributed by atoms with Crippen molar-refractivity contribution < 1.29 is 8.42 Å². The van der Waals surface area contributed by atoms with Crippen molar-refractivity contribution in [3.8, 4) is 0 Å². The van der Waals surface area contributed by atoms with Gasteiger partial charge in [-0.05, 0) is 6.42 Å². The normalized spacial score (nSPS) is 11.9. The molecule has 9 heteroatoms. The summed E-state index contributed by atoms with van der Waals surface area (Å²) in [7, 11) is -0.345. The summed E-state index contributed by atoms with van der Waals surface area (Å²) in [6, 6.07) is 0. The molecule has 1 heterocycles. The number of nitrogens with zero attached hydrogens (tertiary/aromatic N) is 3. The van der Waals surface area contributed by atoms with Gasteiger partial charge in [-0.15, -0.1) is 0 Å². The summed E-state index contributed by atoms with van der Waals surface area (Å²) in [4.78, 5) is 12.0. The van der Waals surface area contributed by atoms with E-state index in [1.807, 2.05) is 6.92 Å². The van der Waals surface area contributed by atoms with Gasteiger partial charge in [-0.1, -0.05) is 24.9 Å². The second-order valence-electron chi connectivity index (χ2n) is 4.78. The van der Waals surface area contributed by atoms with Crippen LogP contribution in [0.2, 0.25) is 5.02 Å². The first-order valence-electron chi connectivity index (χ1n) is 6.69. The summed E-state index contributed by atoms with van der Waals surface area (Å²) in [5.41, 5.74) is -0.0195. The Labute approximate surface area is 130 Å². The van der Waals surface area contributed by atoms with Crippen LogP contribution < -0.4 is 10.9 Å². The van der Waals surface area contributed by atoms with E-state index in [1.165, 1.54) is 25.0 Å². The molecule has 0 aliphatic rings. The zero-order valence-corrected chi connectivity index (χ0v) is 14.0. The van der Waals surface area contributed by atoms with E-state index in [2.05, 4.69) is 10.4 Å². The van der Waals surface area contributed by atoms with Gasteiger partial charge in [0.25, 0.3) is 5.56 Å². The van der Waals surface area contributed by atoms with E-state index in [1.54, 1.807) is 0 Å². The Morgan fingerprint density at radius 2 is 2.10 bits per heavy atom. The van der Waals surface area contributed by atoms with Crippen LogP contribution in [-0.2, 0) is 16.6 Å². The predicted molar refractivity (Wildman–Crippen MR) is 84.4 cm³/mol. The Kier molecular flexibility index (Phi) is 6.63. The van der Waals surface area contributed by atoms with Crippen LogP contribution in [0.3, 0.4) is 0 Å². The Balaban J connectivity index is 2.74. The lowest BCUT2D eigenvalue weighted by Crippen LogP contribution is -2.29. The summed E-state index contributed by atoms with van der Waals surface area (Å²) in [6.45, 7) is 2.69. The van der Waals surface area contributed by atoms with Crippen molar-refractivity contribution in [2.75, 3.05) is 31.7 Å². The maximum Gasteiger partial charge on any atom is 0.287 e. The SMILES string of the molecule is CCCCn1ncc(NCCS(=O)(=O)N(C)C)c(Cl)c1=O. The molecule has 0 saturated heterocycles. The van der Waals surface area contributed by atoms with Gasteiger partial charge < -0.3 is 5.32 Å². The van der Waals surface area contributed by atoms with Crippen LogP contribution in [0.4, 0.5) is 5.69 Å². The third-order valence-corrected chi connectivity index (χ3v) is 5.14. The molecule has 7 nitrogen and oxygen atoms in total. The molecule has 1 rings (SSSR count). The van der Waals surface area contributed by atoms with Gasteiger partial charge in [-0.3, -0.25) is 4.79 Å². The molecule has 0 atom stereocenters. The maximum absolute atomic E-state index is 12.0. The maximum atomic E-state index is 12.0. The number of nitrogens with one attached hydrogen (secondary N) is 1. The molecule has 1 N–H and O–H groups in total. The fourth-order valence-electron chi connectivity index (χ4n) is 1.55. The van der Waals surface area contributed by atoms with Crippen LogP contribution in [0.15, 0.2) is 11.0 Å². The van der Waals surface area contributed by atoms with Gasteiger partial charge in [0.2, 0.25) is 10.0 Å². The lowest BCUT2D eigenvalue weighted by atomic mass is 10.3. The number of sulfonamides is 1. The van der Waals surface area contributed by atoms with Crippen molar-refractivity contribution in [3.05, 3.63) is 21.6 Å². The molecule has 120 valence electrons. The molecule has 0 radical (unpaired) electrons. The molecule has 1 aromatic rings. The van der Waals surface area contributed by atoms with E-state index in [9.17, 15) is 13.2 Å². The smallest absolute Gasteiger partial charge is 0.287 e. The minimum absolute atomic E-state index is 0.0309. The highest BCUT2D eigenvalue weighted by molar-refractivity contribution is 7.89. The number of anilines is 1. The Morgan fingerprint density at radius 1 is 1.43 bits per heavy atom. The first kappa shape index (κ1) is 17.9. The number of aromatic nitrogens is 2. The minimum Gasteiger partial charge on any atom is -0.381 e. The number of hydrogen-bond donors (Lipinski definition) is 1. The lowest BCUT2D eigenvalue weighted by molar-refractivity contribution is 0.521. The first-order valence-corrected chi connectivity index (χ1v) is 8.68. The molecule has 1 aromatic heterocycles. The fourth-order valence-corrected chi connectivity index (χ4v) is 2.49. The largest absolute Gasteiger partial charge is 0.381 e. The average molecular weight is 337 g/mol. The van der Waals surface area contributed by atoms with Crippen molar-refractivity contribution in [1.29, 1.82) is 0 Å². The van der Waals surface area contributed by atoms with Crippen molar-refractivity contribution in [1.82, 2.24) is 14.1 Å². The minimum atomic E-state index is -3.29. The van der Waals surface area contributed by atoms with Gasteiger partial charge in [0.1, 0.15) is 5.02 Å². The van der Waals surface area contributed by atoms with Crippen LogP contribution in [-0.4, -0.2) is 48.9 Å². The molecule has 21 heavy (non-hydrogen) atoms. The molecule has 0 fully saturated rings. The van der Waals surface area contributed by atoms with E-state index >= 15 is 0 Å². The Bertz CT molecular complexity index is 628. The van der Waals surface area contributed by atoms with Gasteiger partial charge in [0.15, 0.2) is 0 Å². The molecule has 0 unspecified atom stereocenters. The first-order chi connectivity index (χ1) is 9.79. The highest BCUT2D eigenvalue weighted by Gasteiger charge is 2.14. The van der Waals surface area contributed by atoms with Crippen molar-refractivity contribution in [2.45, 2.75) is 26.3 Å². The molecular weight excluding hydrogens is 316 g/mol. The monoisotopic (exact) mass is 336 g/mol. The van der Waals surface area contributed by atoms with Crippen LogP contribution in [0.1, 0.15) is 19.8 Å². The van der Waals surface area contributed by atoms with Crippen LogP contribution in [0, 0.1) is 0 Å². The molecule has 0 aliphatic heterocycles. The van der Waals surface area contributed by atoms with E-state index in [0.717, 1.165) is 17.1 Å². The zero-order valence-electron chi connectivity index (χ0n) is 12.5. The molecule has 0 aromatic carbocycles. The van der Waals surface area contributed by atoms with Gasteiger partial charge >= 0.3 is 0 Å². The number of hydrogen-bond acceptors (Lipinski definition) is 5. The molecular formula is C12H21ClN4O3S. The predicted octanol–water partition coefficient (Wildman–Crippen LogP) is 1.00. The van der Waals surface area contributed by atoms with E-state index in [4.69, 9.17) is 11.6 Å². The molecule has 0 amide bonds. The highest BCUT2D eigenvalue weighted by Crippen LogP contribution is 2.15. The number of unbranched alkanes of at least 4 members (excludes halogenated alkanes) is 1. The van der Waals surface area contributed by atoms with Gasteiger partial charge in [0, 0.05) is 27.2 Å². The number of rotatable bonds is 8. The number of aryl methyl sites for hydroxylation is 1. The van der Waals surface area contributed by atoms with Crippen molar-refractivity contribution >= 4 is 27.3 Å². The summed E-state index contributed by atoms with van der Waals surface area (Å²) in [6.07, 6.45) is 3.24. The zero-order chi connectivity index (χ0) is 16.0. The van der Waals surface area contributed by atoms with Gasteiger partial charge in [-0.25, -0.2) is 17.4 Å². The quantitative estimate of drug-likeness (QED) is 0.765. The molecule has 0 aliphatic carbocycles. The molecule has 0 bridgehead atoms.